The van der Waals surface area contributed by atoms with Crippen molar-refractivity contribution in [3.8, 4) is 0 Å². The van der Waals surface area contributed by atoms with E-state index in [-0.39, 0.29) is 18.5 Å². The number of hydrogen-bond donors (Lipinski definition) is 3. The topological polar surface area (TPSA) is 74.8 Å². The maximum atomic E-state index is 11.6. The Morgan fingerprint density at radius 1 is 1.15 bits per heavy atom. The molecule has 5 heteroatoms. The highest BCUT2D eigenvalue weighted by atomic mass is 16.2. The highest BCUT2D eigenvalue weighted by molar-refractivity contribution is 5.94. The average molecular weight is 278 g/mol. The number of carbonyl (C=O) groups is 2. The van der Waals surface area contributed by atoms with E-state index >= 15 is 0 Å². The monoisotopic (exact) mass is 278 g/mol. The molecule has 0 saturated heterocycles. The first-order chi connectivity index (χ1) is 9.49. The summed E-state index contributed by atoms with van der Waals surface area (Å²) in [7, 11) is 0. The molecule has 0 fully saturated rings. The Labute approximate surface area is 120 Å². The van der Waals surface area contributed by atoms with Gasteiger partial charge in [0.05, 0.1) is 0 Å². The Morgan fingerprint density at radius 2 is 1.80 bits per heavy atom. The number of benzene rings is 1. The van der Waals surface area contributed by atoms with E-state index in [1.165, 1.54) is 0 Å². The predicted octanol–water partition coefficient (Wildman–Crippen LogP) is 0.793. The number of amides is 3. The number of nitrogens with one attached hydrogen (secondary N) is 2. The predicted molar refractivity (Wildman–Crippen MR) is 78.0 cm³/mol. The third-order valence-corrected chi connectivity index (χ3v) is 2.91. The smallest absolute Gasteiger partial charge is 0.321 e. The number of urea groups is 1. The summed E-state index contributed by atoms with van der Waals surface area (Å²) in [6.07, 6.45) is 0. The third-order valence-electron chi connectivity index (χ3n) is 2.91. The van der Waals surface area contributed by atoms with Gasteiger partial charge in [-0.15, -0.1) is 0 Å². The lowest BCUT2D eigenvalue weighted by Gasteiger charge is -2.11. The number of carbonyl (C=O) groups excluding carboxylic acids is 2. The SMILES string of the molecule is CC(C)CNC(=O)NC(=O)C[NH2+][C@@H](C)c1ccccc1. The Kier molecular flexibility index (Phi) is 6.73. The van der Waals surface area contributed by atoms with Gasteiger partial charge in [0.1, 0.15) is 6.04 Å². The number of nitrogens with two attached hydrogens (primary N) is 1. The molecule has 0 aliphatic rings. The fourth-order valence-corrected chi connectivity index (χ4v) is 1.70. The second kappa shape index (κ2) is 8.32. The first-order valence-corrected chi connectivity index (χ1v) is 6.95. The molecule has 0 aliphatic heterocycles. The van der Waals surface area contributed by atoms with Gasteiger partial charge in [0.25, 0.3) is 5.91 Å². The summed E-state index contributed by atoms with van der Waals surface area (Å²) in [6.45, 7) is 6.81. The van der Waals surface area contributed by atoms with E-state index in [2.05, 4.69) is 10.6 Å². The van der Waals surface area contributed by atoms with Gasteiger partial charge in [0, 0.05) is 12.1 Å². The molecule has 110 valence electrons. The van der Waals surface area contributed by atoms with Crippen molar-refractivity contribution in [2.45, 2.75) is 26.8 Å². The summed E-state index contributed by atoms with van der Waals surface area (Å²) in [6, 6.07) is 9.70. The van der Waals surface area contributed by atoms with E-state index in [0.717, 1.165) is 5.56 Å². The Balaban J connectivity index is 2.28. The average Bonchev–Trinajstić information content (AvgIpc) is 2.43. The summed E-state index contributed by atoms with van der Waals surface area (Å²) in [4.78, 5) is 23.0. The van der Waals surface area contributed by atoms with Crippen LogP contribution < -0.4 is 16.0 Å². The normalized spacial score (nSPS) is 12.0. The summed E-state index contributed by atoms with van der Waals surface area (Å²) in [5.74, 6) is 0.0783. The minimum Gasteiger partial charge on any atom is -0.338 e. The second-order valence-electron chi connectivity index (χ2n) is 5.29. The molecular formula is C15H24N3O2+. The molecule has 0 radical (unpaired) electrons. The van der Waals surface area contributed by atoms with Crippen molar-refractivity contribution >= 4 is 11.9 Å². The van der Waals surface area contributed by atoms with E-state index in [0.29, 0.717) is 12.5 Å². The molecule has 0 unspecified atom stereocenters. The Bertz CT molecular complexity index is 432. The van der Waals surface area contributed by atoms with Gasteiger partial charge in [-0.3, -0.25) is 10.1 Å². The lowest BCUT2D eigenvalue weighted by Crippen LogP contribution is -2.87. The molecule has 1 aromatic rings. The molecule has 20 heavy (non-hydrogen) atoms. The van der Waals surface area contributed by atoms with Crippen molar-refractivity contribution < 1.29 is 14.9 Å². The van der Waals surface area contributed by atoms with Crippen molar-refractivity contribution in [3.05, 3.63) is 35.9 Å². The third kappa shape index (κ3) is 6.33. The minimum absolute atomic E-state index is 0.181. The van der Waals surface area contributed by atoms with Crippen LogP contribution in [0.4, 0.5) is 4.79 Å². The molecule has 0 bridgehead atoms. The van der Waals surface area contributed by atoms with Crippen molar-refractivity contribution in [1.82, 2.24) is 10.6 Å². The zero-order valence-electron chi connectivity index (χ0n) is 12.3. The lowest BCUT2D eigenvalue weighted by molar-refractivity contribution is -0.682. The molecule has 1 aromatic carbocycles. The van der Waals surface area contributed by atoms with Crippen molar-refractivity contribution in [2.24, 2.45) is 5.92 Å². The zero-order chi connectivity index (χ0) is 15.0. The van der Waals surface area contributed by atoms with Gasteiger partial charge in [0.15, 0.2) is 6.54 Å². The van der Waals surface area contributed by atoms with Crippen LogP contribution in [0.5, 0.6) is 0 Å². The van der Waals surface area contributed by atoms with Gasteiger partial charge >= 0.3 is 6.03 Å². The lowest BCUT2D eigenvalue weighted by atomic mass is 10.1. The molecule has 4 N–H and O–H groups in total. The quantitative estimate of drug-likeness (QED) is 0.720. The van der Waals surface area contributed by atoms with Crippen molar-refractivity contribution in [3.63, 3.8) is 0 Å². The first kappa shape index (κ1) is 16.2. The summed E-state index contributed by atoms with van der Waals surface area (Å²) in [5, 5.41) is 6.87. The maximum absolute atomic E-state index is 11.6. The highest BCUT2D eigenvalue weighted by Gasteiger charge is 2.13. The van der Waals surface area contributed by atoms with Gasteiger partial charge in [-0.05, 0) is 12.8 Å². The summed E-state index contributed by atoms with van der Waals surface area (Å²) < 4.78 is 0. The van der Waals surface area contributed by atoms with Gasteiger partial charge in [-0.25, -0.2) is 4.79 Å². The number of imide groups is 1. The molecule has 0 saturated carbocycles. The van der Waals surface area contributed by atoms with Crippen LogP contribution in [0.2, 0.25) is 0 Å². The van der Waals surface area contributed by atoms with Crippen LogP contribution in [-0.2, 0) is 4.79 Å². The minimum atomic E-state index is -0.426. The summed E-state index contributed by atoms with van der Waals surface area (Å²) in [5.41, 5.74) is 1.16. The van der Waals surface area contributed by atoms with E-state index in [4.69, 9.17) is 0 Å². The van der Waals surface area contributed by atoms with Gasteiger partial charge in [0.2, 0.25) is 0 Å². The fraction of sp³-hybridized carbons (Fsp3) is 0.467. The fourth-order valence-electron chi connectivity index (χ4n) is 1.70. The molecule has 3 amide bonds. The van der Waals surface area contributed by atoms with E-state index in [9.17, 15) is 9.59 Å². The summed E-state index contributed by atoms with van der Waals surface area (Å²) >= 11 is 0. The van der Waals surface area contributed by atoms with E-state index < -0.39 is 6.03 Å². The number of rotatable bonds is 6. The molecule has 0 aliphatic carbocycles. The van der Waals surface area contributed by atoms with Gasteiger partial charge in [-0.1, -0.05) is 44.2 Å². The van der Waals surface area contributed by atoms with Crippen molar-refractivity contribution in [2.75, 3.05) is 13.1 Å². The van der Waals surface area contributed by atoms with Gasteiger partial charge < -0.3 is 10.6 Å². The standard InChI is InChI=1S/C15H23N3O2/c1-11(2)9-17-15(20)18-14(19)10-16-12(3)13-7-5-4-6-8-13/h4-8,11-12,16H,9-10H2,1-3H3,(H2,17,18,19,20)/p+1/t12-/m0/s1. The molecule has 5 nitrogen and oxygen atoms in total. The van der Waals surface area contributed by atoms with Crippen LogP contribution in [0, 0.1) is 5.92 Å². The van der Waals surface area contributed by atoms with Gasteiger partial charge in [-0.2, -0.15) is 0 Å². The second-order valence-corrected chi connectivity index (χ2v) is 5.29. The first-order valence-electron chi connectivity index (χ1n) is 6.95. The van der Waals surface area contributed by atoms with Crippen LogP contribution in [0.1, 0.15) is 32.4 Å². The molecule has 1 rings (SSSR count). The largest absolute Gasteiger partial charge is 0.338 e. The number of quaternary nitrogens is 1. The van der Waals surface area contributed by atoms with Crippen molar-refractivity contribution in [1.29, 1.82) is 0 Å². The van der Waals surface area contributed by atoms with Crippen LogP contribution >= 0.6 is 0 Å². The zero-order valence-corrected chi connectivity index (χ0v) is 12.3. The van der Waals surface area contributed by atoms with Crippen LogP contribution in [-0.4, -0.2) is 25.0 Å². The maximum Gasteiger partial charge on any atom is 0.321 e. The van der Waals surface area contributed by atoms with Crippen LogP contribution in [0.25, 0.3) is 0 Å². The van der Waals surface area contributed by atoms with Crippen LogP contribution in [0.3, 0.4) is 0 Å². The molecule has 1 atom stereocenters. The molecule has 0 heterocycles. The number of hydrogen-bond acceptors (Lipinski definition) is 2. The Morgan fingerprint density at radius 3 is 2.40 bits per heavy atom. The molecule has 0 aromatic heterocycles. The van der Waals surface area contributed by atoms with E-state index in [1.54, 1.807) is 0 Å². The van der Waals surface area contributed by atoms with E-state index in [1.807, 2.05) is 56.4 Å². The highest BCUT2D eigenvalue weighted by Crippen LogP contribution is 2.05. The van der Waals surface area contributed by atoms with Crippen LogP contribution in [0.15, 0.2) is 30.3 Å². The Hall–Kier alpha value is -1.88. The molecular weight excluding hydrogens is 254 g/mol. The molecule has 0 spiro atoms.